The molecule has 2 fully saturated rings. The number of piperazine rings is 1. The van der Waals surface area contributed by atoms with Gasteiger partial charge in [-0.3, -0.25) is 9.36 Å². The maximum atomic E-state index is 13.4. The van der Waals surface area contributed by atoms with Crippen molar-refractivity contribution < 1.29 is 14.6 Å². The summed E-state index contributed by atoms with van der Waals surface area (Å²) in [5.41, 5.74) is 3.37. The molecule has 1 amide bonds. The molecule has 1 aliphatic heterocycles. The smallest absolute Gasteiger partial charge is 0.289 e. The first-order valence-corrected chi connectivity index (χ1v) is 14.1. The van der Waals surface area contributed by atoms with Crippen LogP contribution in [0.2, 0.25) is 0 Å². The minimum atomic E-state index is -0.252. The summed E-state index contributed by atoms with van der Waals surface area (Å²) in [5, 5.41) is 22.9. The highest BCUT2D eigenvalue weighted by molar-refractivity contribution is 5.92. The SMILES string of the molecule is CCN1CCN(c2ccc(-n3c(C(=O)NC4CCCC4)nnc3-c3cc(C(C)C)c(OC)cc3O)cc2)CC1. The molecule has 0 spiro atoms. The number of anilines is 1. The van der Waals surface area contributed by atoms with Crippen molar-refractivity contribution in [2.45, 2.75) is 58.4 Å². The predicted molar refractivity (Wildman–Crippen MR) is 153 cm³/mol. The average molecular weight is 533 g/mol. The molecular formula is C30H40N6O3. The van der Waals surface area contributed by atoms with Crippen molar-refractivity contribution in [3.8, 4) is 28.6 Å². The Bertz CT molecular complexity index is 1290. The molecule has 5 rings (SSSR count). The number of phenols is 1. The number of carbonyl (C=O) groups is 1. The lowest BCUT2D eigenvalue weighted by molar-refractivity contribution is 0.0925. The zero-order valence-electron chi connectivity index (χ0n) is 23.5. The van der Waals surface area contributed by atoms with E-state index in [0.717, 1.165) is 75.3 Å². The van der Waals surface area contributed by atoms with E-state index in [1.54, 1.807) is 17.7 Å². The first kappa shape index (κ1) is 27.0. The molecule has 1 aliphatic carbocycles. The molecule has 0 bridgehead atoms. The molecule has 0 radical (unpaired) electrons. The summed E-state index contributed by atoms with van der Waals surface area (Å²) in [6.45, 7) is 11.5. The van der Waals surface area contributed by atoms with E-state index in [0.29, 0.717) is 17.1 Å². The molecule has 1 aromatic heterocycles. The molecule has 2 N–H and O–H groups in total. The van der Waals surface area contributed by atoms with Gasteiger partial charge in [-0.1, -0.05) is 33.6 Å². The van der Waals surface area contributed by atoms with Gasteiger partial charge in [-0.25, -0.2) is 0 Å². The van der Waals surface area contributed by atoms with Crippen molar-refractivity contribution in [2.75, 3.05) is 44.7 Å². The number of aromatic nitrogens is 3. The molecule has 208 valence electrons. The van der Waals surface area contributed by atoms with Gasteiger partial charge in [-0.15, -0.1) is 10.2 Å². The van der Waals surface area contributed by atoms with E-state index in [2.05, 4.69) is 58.2 Å². The number of carbonyl (C=O) groups excluding carboxylic acids is 1. The van der Waals surface area contributed by atoms with Gasteiger partial charge < -0.3 is 25.0 Å². The van der Waals surface area contributed by atoms with Crippen LogP contribution in [-0.2, 0) is 0 Å². The van der Waals surface area contributed by atoms with E-state index in [1.165, 1.54) is 0 Å². The van der Waals surface area contributed by atoms with Crippen LogP contribution in [0.3, 0.4) is 0 Å². The van der Waals surface area contributed by atoms with Crippen molar-refractivity contribution >= 4 is 11.6 Å². The number of hydrogen-bond acceptors (Lipinski definition) is 7. The molecule has 9 nitrogen and oxygen atoms in total. The molecular weight excluding hydrogens is 492 g/mol. The number of phenolic OH excluding ortho intramolecular Hbond substituents is 1. The summed E-state index contributed by atoms with van der Waals surface area (Å²) in [7, 11) is 1.60. The lowest BCUT2D eigenvalue weighted by Crippen LogP contribution is -2.46. The van der Waals surface area contributed by atoms with Gasteiger partial charge >= 0.3 is 0 Å². The number of methoxy groups -OCH3 is 1. The zero-order chi connectivity index (χ0) is 27.5. The van der Waals surface area contributed by atoms with Crippen LogP contribution in [0.1, 0.15) is 68.6 Å². The molecule has 1 saturated heterocycles. The first-order valence-electron chi connectivity index (χ1n) is 14.1. The summed E-state index contributed by atoms with van der Waals surface area (Å²) < 4.78 is 7.28. The molecule has 9 heteroatoms. The molecule has 0 unspecified atom stereocenters. The topological polar surface area (TPSA) is 95.8 Å². The van der Waals surface area contributed by atoms with Gasteiger partial charge in [-0.05, 0) is 61.2 Å². The average Bonchev–Trinajstić information content (AvgIpc) is 3.63. The number of ether oxygens (including phenoxy) is 1. The minimum Gasteiger partial charge on any atom is -0.507 e. The number of amides is 1. The van der Waals surface area contributed by atoms with E-state index in [-0.39, 0.29) is 29.4 Å². The Morgan fingerprint density at radius 1 is 1.05 bits per heavy atom. The standard InChI is InChI=1S/C30H40N6O3/c1-5-34-14-16-35(17-15-34)22-10-12-23(13-11-22)36-28(25-18-24(20(2)3)27(39-4)19-26(25)37)32-33-29(36)30(38)31-21-8-6-7-9-21/h10-13,18-21,37H,5-9,14-17H2,1-4H3,(H,31,38). The van der Waals surface area contributed by atoms with Gasteiger partial charge in [0.1, 0.15) is 11.5 Å². The fourth-order valence-electron chi connectivity index (χ4n) is 5.70. The number of likely N-dealkylation sites (N-methyl/N-ethyl adjacent to an activating group) is 1. The molecule has 39 heavy (non-hydrogen) atoms. The Morgan fingerprint density at radius 3 is 2.33 bits per heavy atom. The third-order valence-corrected chi connectivity index (χ3v) is 8.06. The van der Waals surface area contributed by atoms with Crippen LogP contribution in [0, 0.1) is 0 Å². The number of nitrogens with one attached hydrogen (secondary N) is 1. The van der Waals surface area contributed by atoms with Crippen LogP contribution in [0.25, 0.3) is 17.1 Å². The summed E-state index contributed by atoms with van der Waals surface area (Å²) in [6.07, 6.45) is 4.19. The minimum absolute atomic E-state index is 0.0260. The Morgan fingerprint density at radius 2 is 1.72 bits per heavy atom. The second kappa shape index (κ2) is 11.7. The van der Waals surface area contributed by atoms with Crippen molar-refractivity contribution in [2.24, 2.45) is 0 Å². The first-order chi connectivity index (χ1) is 18.9. The Balaban J connectivity index is 1.54. The highest BCUT2D eigenvalue weighted by Crippen LogP contribution is 2.39. The normalized spacial score (nSPS) is 16.7. The van der Waals surface area contributed by atoms with Crippen molar-refractivity contribution in [1.82, 2.24) is 25.0 Å². The predicted octanol–water partition coefficient (Wildman–Crippen LogP) is 4.59. The summed E-state index contributed by atoms with van der Waals surface area (Å²) >= 11 is 0. The van der Waals surface area contributed by atoms with Crippen LogP contribution >= 0.6 is 0 Å². The second-order valence-electron chi connectivity index (χ2n) is 10.8. The maximum Gasteiger partial charge on any atom is 0.289 e. The molecule has 1 saturated carbocycles. The molecule has 3 aromatic rings. The molecule has 0 atom stereocenters. The fraction of sp³-hybridized carbons (Fsp3) is 0.500. The van der Waals surface area contributed by atoms with E-state index in [1.807, 2.05) is 18.2 Å². The Kier molecular flexibility index (Phi) is 8.07. The zero-order valence-corrected chi connectivity index (χ0v) is 23.5. The fourth-order valence-corrected chi connectivity index (χ4v) is 5.70. The lowest BCUT2D eigenvalue weighted by Gasteiger charge is -2.35. The highest BCUT2D eigenvalue weighted by Gasteiger charge is 2.27. The molecule has 2 aromatic carbocycles. The Labute approximate surface area is 230 Å². The lowest BCUT2D eigenvalue weighted by atomic mass is 9.98. The van der Waals surface area contributed by atoms with Crippen LogP contribution in [0.15, 0.2) is 36.4 Å². The number of rotatable bonds is 8. The van der Waals surface area contributed by atoms with Crippen molar-refractivity contribution in [1.29, 1.82) is 0 Å². The highest BCUT2D eigenvalue weighted by atomic mass is 16.5. The van der Waals surface area contributed by atoms with Gasteiger partial charge in [0.05, 0.1) is 12.7 Å². The quantitative estimate of drug-likeness (QED) is 0.438. The second-order valence-corrected chi connectivity index (χ2v) is 10.8. The van der Waals surface area contributed by atoms with Crippen LogP contribution in [0.4, 0.5) is 5.69 Å². The van der Waals surface area contributed by atoms with Crippen LogP contribution in [0.5, 0.6) is 11.5 Å². The van der Waals surface area contributed by atoms with E-state index in [9.17, 15) is 9.90 Å². The number of aromatic hydroxyl groups is 1. The van der Waals surface area contributed by atoms with E-state index >= 15 is 0 Å². The third kappa shape index (κ3) is 5.59. The van der Waals surface area contributed by atoms with E-state index < -0.39 is 0 Å². The van der Waals surface area contributed by atoms with Crippen LogP contribution < -0.4 is 15.0 Å². The van der Waals surface area contributed by atoms with Gasteiger partial charge in [0.25, 0.3) is 5.91 Å². The maximum absolute atomic E-state index is 13.4. The van der Waals surface area contributed by atoms with Gasteiger partial charge in [0.15, 0.2) is 5.82 Å². The number of hydrogen-bond donors (Lipinski definition) is 2. The monoisotopic (exact) mass is 532 g/mol. The van der Waals surface area contributed by atoms with Crippen molar-refractivity contribution in [3.05, 3.63) is 47.8 Å². The number of nitrogens with zero attached hydrogens (tertiary/aromatic N) is 5. The van der Waals surface area contributed by atoms with Crippen LogP contribution in [-0.4, -0.2) is 76.6 Å². The van der Waals surface area contributed by atoms with Gasteiger partial charge in [0.2, 0.25) is 5.82 Å². The largest absolute Gasteiger partial charge is 0.507 e. The molecule has 2 aliphatic rings. The molecule has 2 heterocycles. The Hall–Kier alpha value is -3.59. The van der Waals surface area contributed by atoms with Crippen molar-refractivity contribution in [3.63, 3.8) is 0 Å². The van der Waals surface area contributed by atoms with Gasteiger partial charge in [-0.2, -0.15) is 0 Å². The summed E-state index contributed by atoms with van der Waals surface area (Å²) in [4.78, 5) is 18.3. The number of benzene rings is 2. The summed E-state index contributed by atoms with van der Waals surface area (Å²) in [6, 6.07) is 11.8. The third-order valence-electron chi connectivity index (χ3n) is 8.06. The summed E-state index contributed by atoms with van der Waals surface area (Å²) in [5.74, 6) is 1.17. The van der Waals surface area contributed by atoms with E-state index in [4.69, 9.17) is 4.74 Å². The van der Waals surface area contributed by atoms with Gasteiger partial charge in [0, 0.05) is 49.7 Å².